The quantitative estimate of drug-likeness (QED) is 0.762. The fourth-order valence-corrected chi connectivity index (χ4v) is 2.74. The second-order valence-electron chi connectivity index (χ2n) is 4.81. The lowest BCUT2D eigenvalue weighted by Crippen LogP contribution is -2.27. The van der Waals surface area contributed by atoms with E-state index in [9.17, 15) is 0 Å². The van der Waals surface area contributed by atoms with Crippen LogP contribution in [0.5, 0.6) is 0 Å². The third-order valence-electron chi connectivity index (χ3n) is 3.74. The summed E-state index contributed by atoms with van der Waals surface area (Å²) in [5.74, 6) is 0.654. The summed E-state index contributed by atoms with van der Waals surface area (Å²) in [5, 5.41) is 0. The van der Waals surface area contributed by atoms with Crippen molar-refractivity contribution in [3.63, 3.8) is 0 Å². The van der Waals surface area contributed by atoms with Gasteiger partial charge in [-0.1, -0.05) is 30.7 Å². The Morgan fingerprint density at radius 3 is 2.81 bits per heavy atom. The van der Waals surface area contributed by atoms with E-state index in [1.807, 2.05) is 0 Å². The third kappa shape index (κ3) is 2.45. The molecule has 0 heterocycles. The Kier molecular flexibility index (Phi) is 3.97. The van der Waals surface area contributed by atoms with E-state index >= 15 is 0 Å². The van der Waals surface area contributed by atoms with E-state index in [2.05, 4.69) is 24.3 Å². The Bertz CT molecular complexity index is 335. The van der Waals surface area contributed by atoms with Crippen molar-refractivity contribution in [1.29, 1.82) is 0 Å². The molecule has 0 saturated carbocycles. The lowest BCUT2D eigenvalue weighted by molar-refractivity contribution is 0.344. The van der Waals surface area contributed by atoms with E-state index in [1.165, 1.54) is 36.8 Å². The van der Waals surface area contributed by atoms with Gasteiger partial charge in [-0.3, -0.25) is 0 Å². The molecule has 2 unspecified atom stereocenters. The monoisotopic (exact) mass is 218 g/mol. The van der Waals surface area contributed by atoms with E-state index in [1.54, 1.807) is 0 Å². The standard InChI is InChI=1S/C14H22N2/c15-10-4-3-6-12-9-8-11-5-1-2-7-13(11)14(12)16/h1-2,5,7,12,14H,3-4,6,8-10,15-16H2. The summed E-state index contributed by atoms with van der Waals surface area (Å²) >= 11 is 0. The van der Waals surface area contributed by atoms with Crippen molar-refractivity contribution in [3.8, 4) is 0 Å². The average molecular weight is 218 g/mol. The van der Waals surface area contributed by atoms with Crippen LogP contribution in [0.4, 0.5) is 0 Å². The van der Waals surface area contributed by atoms with Crippen molar-refractivity contribution < 1.29 is 0 Å². The topological polar surface area (TPSA) is 52.0 Å². The largest absolute Gasteiger partial charge is 0.330 e. The van der Waals surface area contributed by atoms with Crippen LogP contribution >= 0.6 is 0 Å². The zero-order chi connectivity index (χ0) is 11.4. The molecule has 2 heteroatoms. The van der Waals surface area contributed by atoms with Crippen molar-refractivity contribution in [2.45, 2.75) is 38.1 Å². The first-order valence-corrected chi connectivity index (χ1v) is 6.36. The molecule has 4 N–H and O–H groups in total. The van der Waals surface area contributed by atoms with Gasteiger partial charge in [0.2, 0.25) is 0 Å². The zero-order valence-electron chi connectivity index (χ0n) is 9.86. The minimum absolute atomic E-state index is 0.239. The van der Waals surface area contributed by atoms with Gasteiger partial charge in [0.05, 0.1) is 0 Å². The first-order valence-electron chi connectivity index (χ1n) is 6.36. The first-order chi connectivity index (χ1) is 7.83. The molecule has 88 valence electrons. The normalized spacial score (nSPS) is 24.1. The summed E-state index contributed by atoms with van der Waals surface area (Å²) < 4.78 is 0. The highest BCUT2D eigenvalue weighted by atomic mass is 14.7. The molecule has 0 bridgehead atoms. The number of fused-ring (bicyclic) bond motifs is 1. The average Bonchev–Trinajstić information content (AvgIpc) is 2.33. The van der Waals surface area contributed by atoms with E-state index in [4.69, 9.17) is 11.5 Å². The Morgan fingerprint density at radius 2 is 2.00 bits per heavy atom. The predicted octanol–water partition coefficient (Wildman–Crippen LogP) is 2.38. The fourth-order valence-electron chi connectivity index (χ4n) is 2.74. The van der Waals surface area contributed by atoms with Gasteiger partial charge in [-0.2, -0.15) is 0 Å². The molecule has 1 aromatic carbocycles. The van der Waals surface area contributed by atoms with Crippen LogP contribution in [0.1, 0.15) is 42.9 Å². The van der Waals surface area contributed by atoms with Crippen LogP contribution in [0, 0.1) is 5.92 Å². The maximum absolute atomic E-state index is 6.34. The smallest absolute Gasteiger partial charge is 0.0326 e. The molecule has 2 atom stereocenters. The molecule has 16 heavy (non-hydrogen) atoms. The van der Waals surface area contributed by atoms with Gasteiger partial charge in [0.1, 0.15) is 0 Å². The molecular formula is C14H22N2. The van der Waals surface area contributed by atoms with Gasteiger partial charge in [-0.05, 0) is 49.3 Å². The van der Waals surface area contributed by atoms with Crippen LogP contribution in [0.25, 0.3) is 0 Å². The Morgan fingerprint density at radius 1 is 1.19 bits per heavy atom. The summed E-state index contributed by atoms with van der Waals surface area (Å²) in [5.41, 5.74) is 14.7. The molecule has 2 rings (SSSR count). The molecule has 1 aromatic rings. The van der Waals surface area contributed by atoms with Gasteiger partial charge in [0.15, 0.2) is 0 Å². The van der Waals surface area contributed by atoms with Gasteiger partial charge in [-0.25, -0.2) is 0 Å². The Hall–Kier alpha value is -0.860. The lowest BCUT2D eigenvalue weighted by atomic mass is 9.78. The van der Waals surface area contributed by atoms with E-state index in [-0.39, 0.29) is 6.04 Å². The number of nitrogens with two attached hydrogens (primary N) is 2. The molecule has 0 amide bonds. The second kappa shape index (κ2) is 5.46. The number of benzene rings is 1. The molecule has 0 aliphatic heterocycles. The fraction of sp³-hybridized carbons (Fsp3) is 0.571. The van der Waals surface area contributed by atoms with Crippen molar-refractivity contribution in [3.05, 3.63) is 35.4 Å². The van der Waals surface area contributed by atoms with Crippen molar-refractivity contribution in [1.82, 2.24) is 0 Å². The third-order valence-corrected chi connectivity index (χ3v) is 3.74. The Balaban J connectivity index is 2.00. The second-order valence-corrected chi connectivity index (χ2v) is 4.81. The van der Waals surface area contributed by atoms with Crippen LogP contribution in [0.3, 0.4) is 0 Å². The SMILES string of the molecule is NCCCCC1CCc2ccccc2C1N. The van der Waals surface area contributed by atoms with Gasteiger partial charge in [0.25, 0.3) is 0 Å². The van der Waals surface area contributed by atoms with E-state index in [0.29, 0.717) is 5.92 Å². The summed E-state index contributed by atoms with van der Waals surface area (Å²) in [6.45, 7) is 0.804. The molecule has 0 saturated heterocycles. The summed E-state index contributed by atoms with van der Waals surface area (Å²) in [6, 6.07) is 8.85. The van der Waals surface area contributed by atoms with E-state index < -0.39 is 0 Å². The van der Waals surface area contributed by atoms with Crippen LogP contribution in [-0.4, -0.2) is 6.54 Å². The number of hydrogen-bond acceptors (Lipinski definition) is 2. The molecule has 1 aliphatic rings. The highest BCUT2D eigenvalue weighted by Crippen LogP contribution is 2.35. The van der Waals surface area contributed by atoms with E-state index in [0.717, 1.165) is 13.0 Å². The summed E-state index contributed by atoms with van der Waals surface area (Å²) in [6.07, 6.45) is 6.01. The number of hydrogen-bond donors (Lipinski definition) is 2. The van der Waals surface area contributed by atoms with Gasteiger partial charge in [0, 0.05) is 6.04 Å². The number of rotatable bonds is 4. The number of unbranched alkanes of at least 4 members (excludes halogenated alkanes) is 1. The minimum atomic E-state index is 0.239. The number of aryl methyl sites for hydroxylation is 1. The lowest BCUT2D eigenvalue weighted by Gasteiger charge is -2.31. The van der Waals surface area contributed by atoms with Gasteiger partial charge < -0.3 is 11.5 Å². The molecule has 0 spiro atoms. The molecule has 2 nitrogen and oxygen atoms in total. The minimum Gasteiger partial charge on any atom is -0.330 e. The van der Waals surface area contributed by atoms with Crippen LogP contribution in [0.15, 0.2) is 24.3 Å². The van der Waals surface area contributed by atoms with Crippen molar-refractivity contribution >= 4 is 0 Å². The Labute approximate surface area is 98.0 Å². The highest BCUT2D eigenvalue weighted by molar-refractivity contribution is 5.32. The molecular weight excluding hydrogens is 196 g/mol. The maximum Gasteiger partial charge on any atom is 0.0326 e. The van der Waals surface area contributed by atoms with Crippen molar-refractivity contribution in [2.24, 2.45) is 17.4 Å². The summed E-state index contributed by atoms with van der Waals surface area (Å²) in [4.78, 5) is 0. The first kappa shape index (κ1) is 11.6. The van der Waals surface area contributed by atoms with Crippen molar-refractivity contribution in [2.75, 3.05) is 6.54 Å². The maximum atomic E-state index is 6.34. The molecule has 0 radical (unpaired) electrons. The van der Waals surface area contributed by atoms with Crippen LogP contribution in [0.2, 0.25) is 0 Å². The van der Waals surface area contributed by atoms with Crippen LogP contribution in [-0.2, 0) is 6.42 Å². The molecule has 1 aliphatic carbocycles. The van der Waals surface area contributed by atoms with Crippen LogP contribution < -0.4 is 11.5 Å². The van der Waals surface area contributed by atoms with Gasteiger partial charge >= 0.3 is 0 Å². The van der Waals surface area contributed by atoms with Gasteiger partial charge in [-0.15, -0.1) is 0 Å². The zero-order valence-corrected chi connectivity index (χ0v) is 9.86. The highest BCUT2D eigenvalue weighted by Gasteiger charge is 2.25. The predicted molar refractivity (Wildman–Crippen MR) is 68.1 cm³/mol. The molecule has 0 fully saturated rings. The summed E-state index contributed by atoms with van der Waals surface area (Å²) in [7, 11) is 0. The molecule has 0 aromatic heterocycles.